The number of nitrogens with zero attached hydrogens (tertiary/aromatic N) is 1. The first-order valence-electron chi connectivity index (χ1n) is 9.28. The monoisotopic (exact) mass is 400 g/mol. The fraction of sp³-hybridized carbons (Fsp3) is 0.364. The van der Waals surface area contributed by atoms with E-state index in [9.17, 15) is 14.7 Å². The molecule has 0 radical (unpaired) electrons. The van der Waals surface area contributed by atoms with Crippen molar-refractivity contribution in [2.75, 3.05) is 12.4 Å². The van der Waals surface area contributed by atoms with Crippen molar-refractivity contribution < 1.29 is 24.2 Å². The second-order valence-electron chi connectivity index (χ2n) is 7.75. The molecule has 0 fully saturated rings. The molecule has 2 aromatic carbocycles. The molecule has 29 heavy (non-hydrogen) atoms. The van der Waals surface area contributed by atoms with Gasteiger partial charge in [0.1, 0.15) is 23.3 Å². The maximum Gasteiger partial charge on any atom is 0.408 e. The number of rotatable bonds is 6. The van der Waals surface area contributed by atoms with Gasteiger partial charge in [-0.3, -0.25) is 9.69 Å². The lowest BCUT2D eigenvalue weighted by atomic mass is 10.0. The van der Waals surface area contributed by atoms with E-state index in [-0.39, 0.29) is 0 Å². The number of hydrogen-bond donors (Lipinski definition) is 2. The smallest absolute Gasteiger partial charge is 0.408 e. The average molecular weight is 400 g/mol. The van der Waals surface area contributed by atoms with Crippen molar-refractivity contribution >= 4 is 17.7 Å². The molecule has 0 aliphatic carbocycles. The molecule has 0 aliphatic heterocycles. The molecular formula is C22H28N2O5. The lowest BCUT2D eigenvalue weighted by Gasteiger charge is -2.37. The minimum atomic E-state index is -1.14. The number of ether oxygens (including phenoxy) is 2. The molecule has 0 saturated heterocycles. The van der Waals surface area contributed by atoms with Crippen LogP contribution in [0, 0.1) is 6.92 Å². The van der Waals surface area contributed by atoms with Crippen molar-refractivity contribution in [2.45, 2.75) is 46.2 Å². The van der Waals surface area contributed by atoms with Crippen LogP contribution in [0.1, 0.15) is 33.3 Å². The normalized spacial score (nSPS) is 12.1. The minimum absolute atomic E-state index is 0.403. The first-order chi connectivity index (χ1) is 13.5. The van der Waals surface area contributed by atoms with E-state index in [0.717, 1.165) is 16.2 Å². The number of benzene rings is 2. The molecule has 0 saturated carbocycles. The van der Waals surface area contributed by atoms with E-state index in [4.69, 9.17) is 9.47 Å². The van der Waals surface area contributed by atoms with Crippen LogP contribution < -0.4 is 14.8 Å². The Hall–Kier alpha value is -3.22. The van der Waals surface area contributed by atoms with Gasteiger partial charge in [-0.15, -0.1) is 0 Å². The second kappa shape index (κ2) is 8.86. The molecule has 7 heteroatoms. The van der Waals surface area contributed by atoms with Crippen LogP contribution in [0.3, 0.4) is 0 Å². The van der Waals surface area contributed by atoms with Crippen LogP contribution in [0.15, 0.2) is 42.5 Å². The molecule has 0 heterocycles. The van der Waals surface area contributed by atoms with Crippen molar-refractivity contribution in [3.05, 3.63) is 48.0 Å². The molecule has 2 aromatic rings. The van der Waals surface area contributed by atoms with Gasteiger partial charge < -0.3 is 19.9 Å². The van der Waals surface area contributed by atoms with E-state index in [1.807, 2.05) is 19.1 Å². The molecule has 0 spiro atoms. The van der Waals surface area contributed by atoms with Gasteiger partial charge in [0.25, 0.3) is 0 Å². The number of hydrogen-bond acceptors (Lipinski definition) is 4. The van der Waals surface area contributed by atoms with E-state index >= 15 is 0 Å². The number of carbonyl (C=O) groups is 2. The van der Waals surface area contributed by atoms with Gasteiger partial charge in [0.15, 0.2) is 0 Å². The van der Waals surface area contributed by atoms with Gasteiger partial charge in [-0.2, -0.15) is 0 Å². The Balaban J connectivity index is 2.06. The van der Waals surface area contributed by atoms with Crippen LogP contribution in [0.4, 0.5) is 10.5 Å². The summed E-state index contributed by atoms with van der Waals surface area (Å²) in [7, 11) is 1.61. The summed E-state index contributed by atoms with van der Waals surface area (Å²) in [6, 6.07) is 11.6. The summed E-state index contributed by atoms with van der Waals surface area (Å²) in [6.45, 7) is 8.76. The summed E-state index contributed by atoms with van der Waals surface area (Å²) in [5, 5.41) is 12.2. The number of aryl methyl sites for hydroxylation is 1. The molecule has 2 rings (SSSR count). The molecule has 2 amide bonds. The third-order valence-electron chi connectivity index (χ3n) is 4.43. The lowest BCUT2D eigenvalue weighted by Crippen LogP contribution is -2.54. The van der Waals surface area contributed by atoms with Gasteiger partial charge in [0.05, 0.1) is 7.11 Å². The highest BCUT2D eigenvalue weighted by molar-refractivity contribution is 5.96. The zero-order chi connectivity index (χ0) is 21.8. The van der Waals surface area contributed by atoms with Crippen molar-refractivity contribution in [3.63, 3.8) is 0 Å². The molecular weight excluding hydrogens is 372 g/mol. The molecule has 1 atom stereocenters. The zero-order valence-electron chi connectivity index (χ0n) is 17.6. The molecule has 156 valence electrons. The van der Waals surface area contributed by atoms with Crippen LogP contribution in [0.5, 0.6) is 17.2 Å². The summed E-state index contributed by atoms with van der Waals surface area (Å²) in [6.07, 6.45) is -1.14. The van der Waals surface area contributed by atoms with Crippen LogP contribution in [-0.4, -0.2) is 40.7 Å². The van der Waals surface area contributed by atoms with Crippen molar-refractivity contribution in [3.8, 4) is 17.2 Å². The van der Waals surface area contributed by atoms with Crippen molar-refractivity contribution in [1.29, 1.82) is 0 Å². The molecule has 0 unspecified atom stereocenters. The number of anilines is 1. The predicted molar refractivity (Wildman–Crippen MR) is 112 cm³/mol. The Morgan fingerprint density at radius 2 is 1.66 bits per heavy atom. The highest BCUT2D eigenvalue weighted by Crippen LogP contribution is 2.28. The summed E-state index contributed by atoms with van der Waals surface area (Å²) in [4.78, 5) is 25.2. The second-order valence-corrected chi connectivity index (χ2v) is 7.75. The maximum atomic E-state index is 12.5. The van der Waals surface area contributed by atoms with E-state index in [2.05, 4.69) is 5.32 Å². The maximum absolute atomic E-state index is 12.5. The van der Waals surface area contributed by atoms with Crippen molar-refractivity contribution in [2.24, 2.45) is 0 Å². The van der Waals surface area contributed by atoms with Gasteiger partial charge in [-0.25, -0.2) is 4.79 Å². The standard InChI is InChI=1S/C22H28N2O5/c1-14-7-10-18(13-19(14)28-6)29-17-11-8-16(9-12-17)23-20(25)15(2)24(21(26)27)22(3,4)5/h7-13,15H,1-6H3,(H,23,25)(H,26,27)/t15-/m1/s1. The molecule has 0 bridgehead atoms. The Kier molecular flexibility index (Phi) is 6.74. The summed E-state index contributed by atoms with van der Waals surface area (Å²) in [5.41, 5.74) is 0.864. The Morgan fingerprint density at radius 3 is 2.17 bits per heavy atom. The number of nitrogens with one attached hydrogen (secondary N) is 1. The number of amides is 2. The SMILES string of the molecule is COc1cc(Oc2ccc(NC(=O)[C@@H](C)N(C(=O)O)C(C)(C)C)cc2)ccc1C. The van der Waals surface area contributed by atoms with Gasteiger partial charge in [-0.05, 0) is 70.5 Å². The summed E-state index contributed by atoms with van der Waals surface area (Å²) < 4.78 is 11.1. The average Bonchev–Trinajstić information content (AvgIpc) is 2.63. The van der Waals surface area contributed by atoms with E-state index in [0.29, 0.717) is 17.2 Å². The minimum Gasteiger partial charge on any atom is -0.496 e. The fourth-order valence-electron chi connectivity index (χ4n) is 3.00. The fourth-order valence-corrected chi connectivity index (χ4v) is 3.00. The van der Waals surface area contributed by atoms with Crippen LogP contribution >= 0.6 is 0 Å². The third-order valence-corrected chi connectivity index (χ3v) is 4.43. The quantitative estimate of drug-likeness (QED) is 0.720. The van der Waals surface area contributed by atoms with Gasteiger partial charge in [-0.1, -0.05) is 6.07 Å². The van der Waals surface area contributed by atoms with Crippen molar-refractivity contribution in [1.82, 2.24) is 4.90 Å². The Morgan fingerprint density at radius 1 is 1.07 bits per heavy atom. The van der Waals surface area contributed by atoms with Gasteiger partial charge in [0, 0.05) is 17.3 Å². The largest absolute Gasteiger partial charge is 0.496 e. The summed E-state index contributed by atoms with van der Waals surface area (Å²) >= 11 is 0. The molecule has 0 aliphatic rings. The predicted octanol–water partition coefficient (Wildman–Crippen LogP) is 4.90. The Labute approximate surface area is 171 Å². The molecule has 0 aromatic heterocycles. The zero-order valence-corrected chi connectivity index (χ0v) is 17.6. The molecule has 7 nitrogen and oxygen atoms in total. The van der Waals surface area contributed by atoms with E-state index in [1.54, 1.807) is 65.1 Å². The van der Waals surface area contributed by atoms with Crippen LogP contribution in [-0.2, 0) is 4.79 Å². The van der Waals surface area contributed by atoms with E-state index < -0.39 is 23.6 Å². The van der Waals surface area contributed by atoms with Gasteiger partial charge in [0.2, 0.25) is 5.91 Å². The third kappa shape index (κ3) is 5.63. The number of methoxy groups -OCH3 is 1. The topological polar surface area (TPSA) is 88.1 Å². The first-order valence-corrected chi connectivity index (χ1v) is 9.28. The van der Waals surface area contributed by atoms with Gasteiger partial charge >= 0.3 is 6.09 Å². The number of carbonyl (C=O) groups excluding carboxylic acids is 1. The van der Waals surface area contributed by atoms with Crippen LogP contribution in [0.2, 0.25) is 0 Å². The number of carboxylic acid groups (broad SMARTS) is 1. The highest BCUT2D eigenvalue weighted by Gasteiger charge is 2.34. The summed E-state index contributed by atoms with van der Waals surface area (Å²) in [5.74, 6) is 1.57. The van der Waals surface area contributed by atoms with Crippen LogP contribution in [0.25, 0.3) is 0 Å². The first kappa shape index (κ1) is 22.1. The van der Waals surface area contributed by atoms with E-state index in [1.165, 1.54) is 0 Å². The molecule has 2 N–H and O–H groups in total. The Bertz CT molecular complexity index is 872. The highest BCUT2D eigenvalue weighted by atomic mass is 16.5. The lowest BCUT2D eigenvalue weighted by molar-refractivity contribution is -0.121.